The van der Waals surface area contributed by atoms with Crippen molar-refractivity contribution < 1.29 is 20.1 Å². The molecule has 25 heavy (non-hydrogen) atoms. The Kier molecular flexibility index (Phi) is 5.47. The second kappa shape index (κ2) is 7.60. The number of halogens is 1. The molecule has 0 amide bonds. The average Bonchev–Trinajstić information content (AvgIpc) is 2.64. The van der Waals surface area contributed by atoms with E-state index >= 15 is 0 Å². The molecule has 1 saturated heterocycles. The molecular formula is C17H15ClN2O4S. The highest BCUT2D eigenvalue weighted by Gasteiger charge is 2.38. The Morgan fingerprint density at radius 2 is 1.92 bits per heavy atom. The lowest BCUT2D eigenvalue weighted by Crippen LogP contribution is -2.50. The Bertz CT molecular complexity index is 796. The van der Waals surface area contributed by atoms with Gasteiger partial charge in [-0.3, -0.25) is 0 Å². The SMILES string of the molecule is N#Cc1ccc(-c2ccc(Cl)c(O[C@@H]3SC[C@@H](O)[C@H](O)[C@H]3O)c2)cn1. The minimum absolute atomic E-state index is 0.250. The summed E-state index contributed by atoms with van der Waals surface area (Å²) >= 11 is 7.38. The zero-order chi connectivity index (χ0) is 18.0. The molecule has 1 aromatic carbocycles. The van der Waals surface area contributed by atoms with Crippen LogP contribution in [0.1, 0.15) is 5.69 Å². The van der Waals surface area contributed by atoms with E-state index in [0.717, 1.165) is 11.1 Å². The summed E-state index contributed by atoms with van der Waals surface area (Å²) in [6.07, 6.45) is -1.91. The number of hydrogen-bond donors (Lipinski definition) is 3. The van der Waals surface area contributed by atoms with Crippen LogP contribution in [0.15, 0.2) is 36.5 Å². The van der Waals surface area contributed by atoms with Crippen LogP contribution in [0.2, 0.25) is 5.02 Å². The first-order chi connectivity index (χ1) is 12.0. The molecule has 0 saturated carbocycles. The van der Waals surface area contributed by atoms with E-state index < -0.39 is 23.7 Å². The Hall–Kier alpha value is -1.82. The topological polar surface area (TPSA) is 107 Å². The molecule has 3 rings (SSSR count). The van der Waals surface area contributed by atoms with Crippen molar-refractivity contribution in [3.05, 3.63) is 47.2 Å². The number of aromatic nitrogens is 1. The number of nitrogens with zero attached hydrogens (tertiary/aromatic N) is 2. The number of rotatable bonds is 3. The minimum Gasteiger partial charge on any atom is -0.475 e. The largest absolute Gasteiger partial charge is 0.475 e. The van der Waals surface area contributed by atoms with Gasteiger partial charge in [0.25, 0.3) is 0 Å². The number of aliphatic hydroxyl groups excluding tert-OH is 3. The molecule has 0 spiro atoms. The molecule has 2 heterocycles. The van der Waals surface area contributed by atoms with Gasteiger partial charge >= 0.3 is 0 Å². The van der Waals surface area contributed by atoms with Gasteiger partial charge in [-0.15, -0.1) is 11.8 Å². The summed E-state index contributed by atoms with van der Waals surface area (Å²) in [5, 5.41) is 38.6. The van der Waals surface area contributed by atoms with E-state index in [1.165, 1.54) is 11.8 Å². The molecular weight excluding hydrogens is 364 g/mol. The van der Waals surface area contributed by atoms with Crippen LogP contribution < -0.4 is 4.74 Å². The van der Waals surface area contributed by atoms with E-state index in [1.54, 1.807) is 36.5 Å². The van der Waals surface area contributed by atoms with E-state index in [4.69, 9.17) is 21.6 Å². The lowest BCUT2D eigenvalue weighted by Gasteiger charge is -2.34. The molecule has 1 aliphatic rings. The molecule has 0 aliphatic carbocycles. The van der Waals surface area contributed by atoms with E-state index in [9.17, 15) is 15.3 Å². The first-order valence-corrected chi connectivity index (χ1v) is 8.91. The molecule has 1 aromatic heterocycles. The van der Waals surface area contributed by atoms with Crippen molar-refractivity contribution in [2.45, 2.75) is 23.7 Å². The molecule has 2 aromatic rings. The smallest absolute Gasteiger partial charge is 0.173 e. The van der Waals surface area contributed by atoms with Crippen molar-refractivity contribution in [3.8, 4) is 22.9 Å². The molecule has 0 unspecified atom stereocenters. The van der Waals surface area contributed by atoms with Crippen LogP contribution in [-0.4, -0.2) is 49.8 Å². The summed E-state index contributed by atoms with van der Waals surface area (Å²) in [7, 11) is 0. The Morgan fingerprint density at radius 1 is 1.16 bits per heavy atom. The third-order valence-corrected chi connectivity index (χ3v) is 5.39. The second-order valence-corrected chi connectivity index (χ2v) is 7.10. The van der Waals surface area contributed by atoms with Gasteiger partial charge in [0.05, 0.1) is 11.1 Å². The Balaban J connectivity index is 1.83. The maximum atomic E-state index is 10.1. The number of benzene rings is 1. The maximum Gasteiger partial charge on any atom is 0.173 e. The minimum atomic E-state index is -1.27. The fourth-order valence-corrected chi connectivity index (χ4v) is 3.69. The molecule has 130 valence electrons. The van der Waals surface area contributed by atoms with Gasteiger partial charge in [-0.05, 0) is 29.8 Å². The number of thioether (sulfide) groups is 1. The van der Waals surface area contributed by atoms with Crippen LogP contribution in [0, 0.1) is 11.3 Å². The predicted molar refractivity (Wildman–Crippen MR) is 94.3 cm³/mol. The number of nitriles is 1. The molecule has 0 radical (unpaired) electrons. The summed E-state index contributed by atoms with van der Waals surface area (Å²) in [5.74, 6) is 0.600. The number of hydrogen-bond acceptors (Lipinski definition) is 7. The van der Waals surface area contributed by atoms with Crippen molar-refractivity contribution in [1.82, 2.24) is 4.98 Å². The van der Waals surface area contributed by atoms with Crippen LogP contribution in [0.4, 0.5) is 0 Å². The van der Waals surface area contributed by atoms with Gasteiger partial charge in [-0.1, -0.05) is 17.7 Å². The monoisotopic (exact) mass is 378 g/mol. The highest BCUT2D eigenvalue weighted by molar-refractivity contribution is 7.99. The molecule has 1 fully saturated rings. The van der Waals surface area contributed by atoms with Gasteiger partial charge in [0.1, 0.15) is 29.7 Å². The third kappa shape index (κ3) is 3.89. The Labute approximate surface area is 153 Å². The summed E-state index contributed by atoms with van der Waals surface area (Å²) < 4.78 is 5.76. The predicted octanol–water partition coefficient (Wildman–Crippen LogP) is 1.81. The first kappa shape index (κ1) is 18.0. The van der Waals surface area contributed by atoms with Crippen LogP contribution in [0.5, 0.6) is 5.75 Å². The van der Waals surface area contributed by atoms with E-state index in [1.807, 2.05) is 6.07 Å². The lowest BCUT2D eigenvalue weighted by atomic mass is 10.1. The van der Waals surface area contributed by atoms with Crippen molar-refractivity contribution in [3.63, 3.8) is 0 Å². The van der Waals surface area contributed by atoms with Crippen molar-refractivity contribution in [2.24, 2.45) is 0 Å². The molecule has 4 atom stereocenters. The van der Waals surface area contributed by atoms with Gasteiger partial charge in [-0.2, -0.15) is 5.26 Å². The van der Waals surface area contributed by atoms with E-state index in [2.05, 4.69) is 4.98 Å². The second-order valence-electron chi connectivity index (χ2n) is 5.56. The fourth-order valence-electron chi connectivity index (χ4n) is 2.41. The van der Waals surface area contributed by atoms with Crippen molar-refractivity contribution in [2.75, 3.05) is 5.75 Å². The first-order valence-electron chi connectivity index (χ1n) is 7.48. The number of aliphatic hydroxyl groups is 3. The molecule has 6 nitrogen and oxygen atoms in total. The summed E-state index contributed by atoms with van der Waals surface area (Å²) in [4.78, 5) is 4.03. The van der Waals surface area contributed by atoms with Crippen molar-refractivity contribution in [1.29, 1.82) is 5.26 Å². The Morgan fingerprint density at radius 3 is 2.60 bits per heavy atom. The highest BCUT2D eigenvalue weighted by Crippen LogP contribution is 2.35. The molecule has 1 aliphatic heterocycles. The quantitative estimate of drug-likeness (QED) is 0.747. The molecule has 8 heteroatoms. The van der Waals surface area contributed by atoms with Gasteiger partial charge < -0.3 is 20.1 Å². The van der Waals surface area contributed by atoms with Gasteiger partial charge in [0, 0.05) is 17.5 Å². The fraction of sp³-hybridized carbons (Fsp3) is 0.294. The molecule has 0 bridgehead atoms. The maximum absolute atomic E-state index is 10.1. The molecule has 3 N–H and O–H groups in total. The normalized spacial score (nSPS) is 26.0. The standard InChI is InChI=1S/C17H15ClN2O4S/c18-12-4-2-9(10-1-3-11(6-19)20-7-10)5-14(12)24-17-16(23)15(22)13(21)8-25-17/h1-5,7,13,15-17,21-23H,8H2/t13-,15+,16-,17-/m1/s1. The lowest BCUT2D eigenvalue weighted by molar-refractivity contribution is -0.0785. The van der Waals surface area contributed by atoms with Gasteiger partial charge in [-0.25, -0.2) is 4.98 Å². The van der Waals surface area contributed by atoms with E-state index in [0.29, 0.717) is 16.5 Å². The van der Waals surface area contributed by atoms with Crippen LogP contribution >= 0.6 is 23.4 Å². The van der Waals surface area contributed by atoms with Gasteiger partial charge in [0.2, 0.25) is 0 Å². The summed E-state index contributed by atoms with van der Waals surface area (Å²) in [6, 6.07) is 10.5. The zero-order valence-electron chi connectivity index (χ0n) is 12.9. The van der Waals surface area contributed by atoms with Crippen LogP contribution in [-0.2, 0) is 0 Å². The number of ether oxygens (including phenoxy) is 1. The summed E-state index contributed by atoms with van der Waals surface area (Å²) in [5.41, 5.74) is 1.15. The van der Waals surface area contributed by atoms with E-state index in [-0.39, 0.29) is 5.75 Å². The van der Waals surface area contributed by atoms with Crippen molar-refractivity contribution >= 4 is 23.4 Å². The number of pyridine rings is 1. The van der Waals surface area contributed by atoms with Crippen LogP contribution in [0.25, 0.3) is 11.1 Å². The zero-order valence-corrected chi connectivity index (χ0v) is 14.5. The summed E-state index contributed by atoms with van der Waals surface area (Å²) in [6.45, 7) is 0. The van der Waals surface area contributed by atoms with Crippen LogP contribution in [0.3, 0.4) is 0 Å². The third-order valence-electron chi connectivity index (χ3n) is 3.84. The van der Waals surface area contributed by atoms with Gasteiger partial charge in [0.15, 0.2) is 5.44 Å². The highest BCUT2D eigenvalue weighted by atomic mass is 35.5. The average molecular weight is 379 g/mol.